The molecule has 2 amide bonds. The average molecular weight is 274 g/mol. The maximum atomic E-state index is 12.2. The molecule has 0 unspecified atom stereocenters. The molecule has 1 saturated heterocycles. The molecular weight excluding hydrogens is 252 g/mol. The molecule has 0 atom stereocenters. The van der Waals surface area contributed by atoms with Gasteiger partial charge in [-0.3, -0.25) is 4.79 Å². The number of rotatable bonds is 2. The van der Waals surface area contributed by atoms with Crippen LogP contribution in [-0.2, 0) is 0 Å². The molecule has 108 valence electrons. The van der Waals surface area contributed by atoms with Gasteiger partial charge in [-0.1, -0.05) is 31.4 Å². The summed E-state index contributed by atoms with van der Waals surface area (Å²) < 4.78 is 0. The topological polar surface area (TPSA) is 49.4 Å². The summed E-state index contributed by atoms with van der Waals surface area (Å²) in [5.74, 6) is 0.00681. The second-order valence-corrected chi connectivity index (χ2v) is 5.32. The SMILES string of the molecule is CC(=O)c1cccc(NC(=O)N2CCCCCCC2)c1. The highest BCUT2D eigenvalue weighted by molar-refractivity contribution is 5.96. The smallest absolute Gasteiger partial charge is 0.321 e. The molecule has 0 bridgehead atoms. The molecule has 1 aromatic carbocycles. The van der Waals surface area contributed by atoms with Crippen LogP contribution in [0.25, 0.3) is 0 Å². The lowest BCUT2D eigenvalue weighted by molar-refractivity contribution is 0.101. The zero-order valence-corrected chi connectivity index (χ0v) is 12.0. The van der Waals surface area contributed by atoms with E-state index in [9.17, 15) is 9.59 Å². The largest absolute Gasteiger partial charge is 0.325 e. The molecule has 2 rings (SSSR count). The second kappa shape index (κ2) is 7.08. The highest BCUT2D eigenvalue weighted by Gasteiger charge is 2.14. The Hall–Kier alpha value is -1.84. The molecule has 0 aliphatic carbocycles. The summed E-state index contributed by atoms with van der Waals surface area (Å²) in [7, 11) is 0. The molecule has 4 heteroatoms. The van der Waals surface area contributed by atoms with E-state index in [0.717, 1.165) is 25.9 Å². The molecule has 1 fully saturated rings. The van der Waals surface area contributed by atoms with Crippen molar-refractivity contribution in [2.75, 3.05) is 18.4 Å². The zero-order chi connectivity index (χ0) is 14.4. The summed E-state index contributed by atoms with van der Waals surface area (Å²) >= 11 is 0. The van der Waals surface area contributed by atoms with E-state index in [1.165, 1.54) is 26.2 Å². The summed E-state index contributed by atoms with van der Waals surface area (Å²) in [6.07, 6.45) is 5.81. The first-order valence-corrected chi connectivity index (χ1v) is 7.34. The van der Waals surface area contributed by atoms with Crippen LogP contribution < -0.4 is 5.32 Å². The van der Waals surface area contributed by atoms with E-state index < -0.39 is 0 Å². The van der Waals surface area contributed by atoms with E-state index in [2.05, 4.69) is 5.32 Å². The summed E-state index contributed by atoms with van der Waals surface area (Å²) in [6.45, 7) is 3.16. The Labute approximate surface area is 120 Å². The summed E-state index contributed by atoms with van der Waals surface area (Å²) in [4.78, 5) is 25.5. The Morgan fingerprint density at radius 1 is 1.05 bits per heavy atom. The van der Waals surface area contributed by atoms with Gasteiger partial charge >= 0.3 is 6.03 Å². The summed E-state index contributed by atoms with van der Waals surface area (Å²) in [5, 5.41) is 2.89. The van der Waals surface area contributed by atoms with E-state index in [1.807, 2.05) is 11.0 Å². The van der Waals surface area contributed by atoms with Gasteiger partial charge in [0.1, 0.15) is 0 Å². The molecule has 1 N–H and O–H groups in total. The van der Waals surface area contributed by atoms with Gasteiger partial charge in [-0.2, -0.15) is 0 Å². The fraction of sp³-hybridized carbons (Fsp3) is 0.500. The molecule has 1 heterocycles. The third kappa shape index (κ3) is 4.08. The van der Waals surface area contributed by atoms with Crippen molar-refractivity contribution in [1.29, 1.82) is 0 Å². The van der Waals surface area contributed by atoms with Gasteiger partial charge in [0.15, 0.2) is 5.78 Å². The van der Waals surface area contributed by atoms with Gasteiger partial charge in [-0.15, -0.1) is 0 Å². The van der Waals surface area contributed by atoms with E-state index in [4.69, 9.17) is 0 Å². The maximum Gasteiger partial charge on any atom is 0.321 e. The number of hydrogen-bond acceptors (Lipinski definition) is 2. The van der Waals surface area contributed by atoms with E-state index >= 15 is 0 Å². The minimum atomic E-state index is -0.0624. The molecular formula is C16H22N2O2. The lowest BCUT2D eigenvalue weighted by Crippen LogP contribution is -2.37. The van der Waals surface area contributed by atoms with Crippen molar-refractivity contribution in [3.63, 3.8) is 0 Å². The molecule has 1 aromatic rings. The molecule has 1 aliphatic heterocycles. The Morgan fingerprint density at radius 2 is 1.70 bits per heavy atom. The van der Waals surface area contributed by atoms with Crippen LogP contribution in [0.1, 0.15) is 49.4 Å². The monoisotopic (exact) mass is 274 g/mol. The number of carbonyl (C=O) groups is 2. The van der Waals surface area contributed by atoms with Crippen molar-refractivity contribution in [2.24, 2.45) is 0 Å². The number of ketones is 1. The van der Waals surface area contributed by atoms with Crippen molar-refractivity contribution in [3.05, 3.63) is 29.8 Å². The van der Waals surface area contributed by atoms with E-state index in [-0.39, 0.29) is 11.8 Å². The van der Waals surface area contributed by atoms with Crippen molar-refractivity contribution in [3.8, 4) is 0 Å². The number of carbonyl (C=O) groups excluding carboxylic acids is 2. The first-order valence-electron chi connectivity index (χ1n) is 7.34. The van der Waals surface area contributed by atoms with E-state index in [0.29, 0.717) is 11.3 Å². The van der Waals surface area contributed by atoms with Crippen LogP contribution in [0.3, 0.4) is 0 Å². The van der Waals surface area contributed by atoms with Crippen molar-refractivity contribution >= 4 is 17.5 Å². The molecule has 0 saturated carbocycles. The third-order valence-corrected chi connectivity index (χ3v) is 3.66. The first-order chi connectivity index (χ1) is 9.66. The van der Waals surface area contributed by atoms with Gasteiger partial charge in [-0.25, -0.2) is 4.79 Å². The average Bonchev–Trinajstić information content (AvgIpc) is 2.38. The lowest BCUT2D eigenvalue weighted by Gasteiger charge is -2.25. The summed E-state index contributed by atoms with van der Waals surface area (Å²) in [5.41, 5.74) is 1.31. The molecule has 1 aliphatic rings. The highest BCUT2D eigenvalue weighted by atomic mass is 16.2. The number of urea groups is 1. The van der Waals surface area contributed by atoms with Crippen molar-refractivity contribution < 1.29 is 9.59 Å². The van der Waals surface area contributed by atoms with Crippen LogP contribution in [-0.4, -0.2) is 29.8 Å². The number of Topliss-reactive ketones (excluding diaryl/α,β-unsaturated/α-hetero) is 1. The van der Waals surface area contributed by atoms with Gasteiger partial charge in [0.2, 0.25) is 0 Å². The minimum Gasteiger partial charge on any atom is -0.325 e. The molecule has 20 heavy (non-hydrogen) atoms. The highest BCUT2D eigenvalue weighted by Crippen LogP contribution is 2.14. The maximum absolute atomic E-state index is 12.2. The fourth-order valence-electron chi connectivity index (χ4n) is 2.47. The molecule has 4 nitrogen and oxygen atoms in total. The third-order valence-electron chi connectivity index (χ3n) is 3.66. The normalized spacial score (nSPS) is 16.1. The number of amides is 2. The number of benzene rings is 1. The molecule has 0 spiro atoms. The van der Waals surface area contributed by atoms with Crippen molar-refractivity contribution in [1.82, 2.24) is 4.90 Å². The van der Waals surface area contributed by atoms with Gasteiger partial charge < -0.3 is 10.2 Å². The molecule has 0 radical (unpaired) electrons. The second-order valence-electron chi connectivity index (χ2n) is 5.32. The van der Waals surface area contributed by atoms with Gasteiger partial charge in [-0.05, 0) is 31.9 Å². The van der Waals surface area contributed by atoms with Gasteiger partial charge in [0, 0.05) is 24.3 Å². The Morgan fingerprint density at radius 3 is 2.35 bits per heavy atom. The van der Waals surface area contributed by atoms with Gasteiger partial charge in [0.25, 0.3) is 0 Å². The molecule has 0 aromatic heterocycles. The predicted molar refractivity (Wildman–Crippen MR) is 80.1 cm³/mol. The Kier molecular flexibility index (Phi) is 5.16. The van der Waals surface area contributed by atoms with Crippen LogP contribution in [0.5, 0.6) is 0 Å². The zero-order valence-electron chi connectivity index (χ0n) is 12.0. The number of likely N-dealkylation sites (tertiary alicyclic amines) is 1. The van der Waals surface area contributed by atoms with Crippen LogP contribution in [0.4, 0.5) is 10.5 Å². The van der Waals surface area contributed by atoms with Crippen LogP contribution in [0.2, 0.25) is 0 Å². The summed E-state index contributed by atoms with van der Waals surface area (Å²) in [6, 6.07) is 7.03. The standard InChI is InChI=1S/C16H22N2O2/c1-13(19)14-8-7-9-15(12-14)17-16(20)18-10-5-3-2-4-6-11-18/h7-9,12H,2-6,10-11H2,1H3,(H,17,20). The quantitative estimate of drug-likeness (QED) is 0.836. The number of nitrogens with one attached hydrogen (secondary N) is 1. The van der Waals surface area contributed by atoms with Crippen LogP contribution in [0.15, 0.2) is 24.3 Å². The number of anilines is 1. The minimum absolute atomic E-state index is 0.00681. The van der Waals surface area contributed by atoms with Crippen molar-refractivity contribution in [2.45, 2.75) is 39.0 Å². The van der Waals surface area contributed by atoms with Gasteiger partial charge in [0.05, 0.1) is 0 Å². The Bertz CT molecular complexity index is 477. The number of hydrogen-bond donors (Lipinski definition) is 1. The number of nitrogens with zero attached hydrogens (tertiary/aromatic N) is 1. The van der Waals surface area contributed by atoms with Crippen LogP contribution in [0, 0.1) is 0 Å². The fourth-order valence-corrected chi connectivity index (χ4v) is 2.47. The predicted octanol–water partition coefficient (Wildman–Crippen LogP) is 3.69. The lowest BCUT2D eigenvalue weighted by atomic mass is 10.1. The van der Waals surface area contributed by atoms with Crippen LogP contribution >= 0.6 is 0 Å². The first kappa shape index (κ1) is 14.6. The van der Waals surface area contributed by atoms with E-state index in [1.54, 1.807) is 18.2 Å². The Balaban J connectivity index is 1.99.